The first-order valence-corrected chi connectivity index (χ1v) is 10.8. The van der Waals surface area contributed by atoms with Gasteiger partial charge in [-0.3, -0.25) is 0 Å². The zero-order valence-corrected chi connectivity index (χ0v) is 16.3. The molecule has 0 bridgehead atoms. The summed E-state index contributed by atoms with van der Waals surface area (Å²) in [5.74, 6) is 10.4. The molecule has 0 unspecified atom stereocenters. The second-order valence-electron chi connectivity index (χ2n) is 8.49. The lowest BCUT2D eigenvalue weighted by atomic mass is 9.69. The van der Waals surface area contributed by atoms with Crippen LogP contribution >= 0.6 is 0 Å². The number of unbranched alkanes of at least 4 members (excludes halogenated alkanes) is 1. The Morgan fingerprint density at radius 3 is 2.00 bits per heavy atom. The minimum absolute atomic E-state index is 0.572. The van der Waals surface area contributed by atoms with Gasteiger partial charge in [0.1, 0.15) is 0 Å². The van der Waals surface area contributed by atoms with Crippen molar-refractivity contribution in [3.63, 3.8) is 0 Å². The van der Waals surface area contributed by atoms with Gasteiger partial charge in [0.15, 0.2) is 0 Å². The van der Waals surface area contributed by atoms with E-state index in [-0.39, 0.29) is 0 Å². The fourth-order valence-corrected chi connectivity index (χ4v) is 4.99. The van der Waals surface area contributed by atoms with Gasteiger partial charge in [0.25, 0.3) is 0 Å². The van der Waals surface area contributed by atoms with Crippen LogP contribution in [0.1, 0.15) is 88.7 Å². The van der Waals surface area contributed by atoms with E-state index >= 15 is 0 Å². The maximum Gasteiger partial charge on any atom is 0.0991 e. The van der Waals surface area contributed by atoms with Gasteiger partial charge >= 0.3 is 0 Å². The molecule has 3 rings (SSSR count). The Morgan fingerprint density at radius 2 is 1.42 bits per heavy atom. The Morgan fingerprint density at radius 1 is 0.846 bits per heavy atom. The van der Waals surface area contributed by atoms with Crippen molar-refractivity contribution in [3.8, 4) is 17.9 Å². The highest BCUT2D eigenvalue weighted by atomic mass is 14.3. The summed E-state index contributed by atoms with van der Waals surface area (Å²) in [7, 11) is 0. The highest BCUT2D eigenvalue weighted by molar-refractivity contribution is 5.40. The molecule has 1 nitrogen and oxygen atoms in total. The van der Waals surface area contributed by atoms with Crippen LogP contribution in [0.5, 0.6) is 0 Å². The van der Waals surface area contributed by atoms with Crippen LogP contribution in [0.15, 0.2) is 24.3 Å². The van der Waals surface area contributed by atoms with Crippen LogP contribution < -0.4 is 0 Å². The first kappa shape index (κ1) is 19.0. The van der Waals surface area contributed by atoms with Crippen LogP contribution in [-0.2, 0) is 0 Å². The van der Waals surface area contributed by atoms with Crippen LogP contribution in [0.2, 0.25) is 0 Å². The molecule has 1 heteroatoms. The Bertz CT molecular complexity index is 638. The van der Waals surface area contributed by atoms with Crippen LogP contribution in [-0.4, -0.2) is 0 Å². The Balaban J connectivity index is 1.42. The molecule has 2 saturated carbocycles. The van der Waals surface area contributed by atoms with Crippen LogP contribution in [0, 0.1) is 46.8 Å². The average molecular weight is 348 g/mol. The first-order valence-electron chi connectivity index (χ1n) is 10.8. The third-order valence-corrected chi connectivity index (χ3v) is 6.73. The zero-order chi connectivity index (χ0) is 18.2. The molecule has 26 heavy (non-hydrogen) atoms. The molecule has 138 valence electrons. The third-order valence-electron chi connectivity index (χ3n) is 6.73. The second kappa shape index (κ2) is 9.83. The highest BCUT2D eigenvalue weighted by Crippen LogP contribution is 2.42. The van der Waals surface area contributed by atoms with Gasteiger partial charge < -0.3 is 0 Å². The second-order valence-corrected chi connectivity index (χ2v) is 8.49. The fraction of sp³-hybridized carbons (Fsp3) is 0.640. The van der Waals surface area contributed by atoms with E-state index in [9.17, 15) is 0 Å². The molecule has 0 radical (unpaired) electrons. The van der Waals surface area contributed by atoms with E-state index in [2.05, 4.69) is 24.8 Å². The van der Waals surface area contributed by atoms with Gasteiger partial charge in [0.05, 0.1) is 11.6 Å². The number of hydrogen-bond acceptors (Lipinski definition) is 1. The summed E-state index contributed by atoms with van der Waals surface area (Å²) >= 11 is 0. The molecule has 0 saturated heterocycles. The van der Waals surface area contributed by atoms with E-state index in [1.807, 2.05) is 24.3 Å². The standard InChI is InChI=1S/C25H33N/c1-2-3-4-20-11-15-24(16-12-20)25-17-13-22(14-18-25)6-5-21-7-9-23(19-26)10-8-21/h7-10,20,22,24-25H,2-4,11-18H2,1H3/t20-,22?,24-,25?. The van der Waals surface area contributed by atoms with Gasteiger partial charge in [-0.2, -0.15) is 5.26 Å². The Kier molecular flexibility index (Phi) is 7.20. The van der Waals surface area contributed by atoms with Crippen LogP contribution in [0.25, 0.3) is 0 Å². The summed E-state index contributed by atoms with van der Waals surface area (Å²) in [6.45, 7) is 2.31. The van der Waals surface area contributed by atoms with Gasteiger partial charge in [-0.15, -0.1) is 0 Å². The molecule has 2 aliphatic rings. The molecule has 0 heterocycles. The predicted octanol–water partition coefficient (Wildman–Crippen LogP) is 6.71. The smallest absolute Gasteiger partial charge is 0.0991 e. The van der Waals surface area contributed by atoms with Gasteiger partial charge in [-0.1, -0.05) is 50.9 Å². The molecule has 1 aromatic carbocycles. The summed E-state index contributed by atoms with van der Waals surface area (Å²) in [4.78, 5) is 0. The minimum atomic E-state index is 0.572. The van der Waals surface area contributed by atoms with Gasteiger partial charge in [0, 0.05) is 11.5 Å². The van der Waals surface area contributed by atoms with Crippen LogP contribution in [0.3, 0.4) is 0 Å². The Labute approximate surface area is 160 Å². The van der Waals surface area contributed by atoms with Crippen molar-refractivity contribution in [1.82, 2.24) is 0 Å². The quantitative estimate of drug-likeness (QED) is 0.555. The lowest BCUT2D eigenvalue weighted by molar-refractivity contribution is 0.153. The normalized spacial score (nSPS) is 28.6. The summed E-state index contributed by atoms with van der Waals surface area (Å²) in [5, 5.41) is 8.86. The van der Waals surface area contributed by atoms with Crippen LogP contribution in [0.4, 0.5) is 0 Å². The maximum absolute atomic E-state index is 8.86. The Hall–Kier alpha value is -1.73. The monoisotopic (exact) mass is 347 g/mol. The molecule has 1 aromatic rings. The highest BCUT2D eigenvalue weighted by Gasteiger charge is 2.30. The molecule has 0 N–H and O–H groups in total. The molecule has 0 aliphatic heterocycles. The molecular weight excluding hydrogens is 314 g/mol. The number of benzene rings is 1. The lowest BCUT2D eigenvalue weighted by Gasteiger charge is -2.37. The van der Waals surface area contributed by atoms with Gasteiger partial charge in [-0.25, -0.2) is 0 Å². The van der Waals surface area contributed by atoms with E-state index in [1.54, 1.807) is 0 Å². The summed E-state index contributed by atoms with van der Waals surface area (Å²) in [6, 6.07) is 9.81. The van der Waals surface area contributed by atoms with E-state index in [0.29, 0.717) is 11.5 Å². The number of nitriles is 1. The topological polar surface area (TPSA) is 23.8 Å². The van der Waals surface area contributed by atoms with E-state index in [1.165, 1.54) is 70.6 Å². The van der Waals surface area contributed by atoms with Crippen molar-refractivity contribution in [2.75, 3.05) is 0 Å². The predicted molar refractivity (Wildman–Crippen MR) is 108 cm³/mol. The summed E-state index contributed by atoms with van der Waals surface area (Å²) < 4.78 is 0. The van der Waals surface area contributed by atoms with Gasteiger partial charge in [-0.05, 0) is 80.5 Å². The number of nitrogens with zero attached hydrogens (tertiary/aromatic N) is 1. The van der Waals surface area contributed by atoms with E-state index in [0.717, 1.165) is 23.3 Å². The van der Waals surface area contributed by atoms with E-state index in [4.69, 9.17) is 5.26 Å². The van der Waals surface area contributed by atoms with Crippen molar-refractivity contribution in [3.05, 3.63) is 35.4 Å². The van der Waals surface area contributed by atoms with Gasteiger partial charge in [0.2, 0.25) is 0 Å². The summed E-state index contributed by atoms with van der Waals surface area (Å²) in [6.07, 6.45) is 15.5. The average Bonchev–Trinajstić information content (AvgIpc) is 2.72. The van der Waals surface area contributed by atoms with Crippen molar-refractivity contribution in [2.24, 2.45) is 23.7 Å². The van der Waals surface area contributed by atoms with Crippen molar-refractivity contribution < 1.29 is 0 Å². The van der Waals surface area contributed by atoms with Crippen molar-refractivity contribution >= 4 is 0 Å². The third kappa shape index (κ3) is 5.38. The largest absolute Gasteiger partial charge is 0.192 e. The molecular formula is C25H33N. The molecule has 0 spiro atoms. The zero-order valence-electron chi connectivity index (χ0n) is 16.3. The molecule has 0 amide bonds. The molecule has 0 aromatic heterocycles. The molecule has 2 aliphatic carbocycles. The minimum Gasteiger partial charge on any atom is -0.192 e. The van der Waals surface area contributed by atoms with Crippen molar-refractivity contribution in [1.29, 1.82) is 5.26 Å². The van der Waals surface area contributed by atoms with E-state index < -0.39 is 0 Å². The molecule has 2 fully saturated rings. The molecule has 0 atom stereocenters. The first-order chi connectivity index (χ1) is 12.8. The van der Waals surface area contributed by atoms with Crippen molar-refractivity contribution in [2.45, 2.75) is 77.6 Å². The SMILES string of the molecule is CCCC[C@H]1CC[C@H](C2CCC(C#Cc3ccc(C#N)cc3)CC2)CC1. The number of hydrogen-bond donors (Lipinski definition) is 0. The summed E-state index contributed by atoms with van der Waals surface area (Å²) in [5.41, 5.74) is 1.75. The number of rotatable bonds is 4. The lowest BCUT2D eigenvalue weighted by Crippen LogP contribution is -2.25. The maximum atomic E-state index is 8.86. The fourth-order valence-electron chi connectivity index (χ4n) is 4.99.